The van der Waals surface area contributed by atoms with E-state index >= 15 is 0 Å². The van der Waals surface area contributed by atoms with Gasteiger partial charge in [-0.2, -0.15) is 0 Å². The van der Waals surface area contributed by atoms with E-state index in [0.29, 0.717) is 5.41 Å². The summed E-state index contributed by atoms with van der Waals surface area (Å²) in [6.45, 7) is 3.80. The maximum Gasteiger partial charge on any atom is 0.419 e. The molecule has 0 aromatic heterocycles. The number of hydrogen-bond donors (Lipinski definition) is 3. The Kier molecular flexibility index (Phi) is 2.13. The van der Waals surface area contributed by atoms with Crippen molar-refractivity contribution in [2.24, 2.45) is 5.41 Å². The van der Waals surface area contributed by atoms with E-state index in [1.807, 2.05) is 0 Å². The maximum absolute atomic E-state index is 10.4. The lowest BCUT2D eigenvalue weighted by Gasteiger charge is -2.22. The molecule has 13 heavy (non-hydrogen) atoms. The number of amides is 1. The molecule has 5 heteroatoms. The Morgan fingerprint density at radius 3 is 3.00 bits per heavy atom. The van der Waals surface area contributed by atoms with Crippen molar-refractivity contribution in [3.05, 3.63) is 0 Å². The molecule has 1 amide bonds. The summed E-state index contributed by atoms with van der Waals surface area (Å²) < 4.78 is 0. The Labute approximate surface area is 77.1 Å². The van der Waals surface area contributed by atoms with Gasteiger partial charge >= 0.3 is 6.09 Å². The highest BCUT2D eigenvalue weighted by atomic mass is 16.4. The molecule has 2 heterocycles. The maximum atomic E-state index is 10.4. The van der Waals surface area contributed by atoms with Crippen LogP contribution in [0.4, 0.5) is 4.79 Å². The van der Waals surface area contributed by atoms with Gasteiger partial charge in [-0.15, -0.1) is 0 Å². The fourth-order valence-electron chi connectivity index (χ4n) is 2.31. The van der Waals surface area contributed by atoms with Crippen LogP contribution in [0, 0.1) is 5.41 Å². The second-order valence-corrected chi connectivity index (χ2v) is 4.02. The number of rotatable bonds is 1. The average molecular weight is 185 g/mol. The SMILES string of the molecule is O=C(O)NN1CCC2(CCNC2)C1. The van der Waals surface area contributed by atoms with Gasteiger partial charge in [-0.3, -0.25) is 5.43 Å². The van der Waals surface area contributed by atoms with Gasteiger partial charge in [0.25, 0.3) is 0 Å². The van der Waals surface area contributed by atoms with Crippen LogP contribution in [0.3, 0.4) is 0 Å². The van der Waals surface area contributed by atoms with Crippen LogP contribution in [-0.2, 0) is 0 Å². The molecular weight excluding hydrogens is 170 g/mol. The van der Waals surface area contributed by atoms with E-state index in [9.17, 15) is 4.79 Å². The summed E-state index contributed by atoms with van der Waals surface area (Å²) >= 11 is 0. The Hall–Kier alpha value is -0.810. The normalized spacial score (nSPS) is 34.2. The van der Waals surface area contributed by atoms with Crippen molar-refractivity contribution in [3.63, 3.8) is 0 Å². The predicted molar refractivity (Wildman–Crippen MR) is 47.3 cm³/mol. The third-order valence-corrected chi connectivity index (χ3v) is 3.02. The van der Waals surface area contributed by atoms with Gasteiger partial charge in [0.1, 0.15) is 0 Å². The van der Waals surface area contributed by atoms with Crippen molar-refractivity contribution in [2.45, 2.75) is 12.8 Å². The second-order valence-electron chi connectivity index (χ2n) is 4.02. The third-order valence-electron chi connectivity index (χ3n) is 3.02. The van der Waals surface area contributed by atoms with Crippen LogP contribution in [0.5, 0.6) is 0 Å². The van der Waals surface area contributed by atoms with Crippen LogP contribution < -0.4 is 10.7 Å². The van der Waals surface area contributed by atoms with Crippen molar-refractivity contribution in [1.29, 1.82) is 0 Å². The van der Waals surface area contributed by atoms with E-state index in [-0.39, 0.29) is 0 Å². The highest BCUT2D eigenvalue weighted by molar-refractivity contribution is 5.63. The van der Waals surface area contributed by atoms with E-state index in [1.54, 1.807) is 5.01 Å². The smallest absolute Gasteiger partial charge is 0.419 e. The lowest BCUT2D eigenvalue weighted by molar-refractivity contribution is 0.146. The summed E-state index contributed by atoms with van der Waals surface area (Å²) in [5, 5.41) is 13.7. The lowest BCUT2D eigenvalue weighted by Crippen LogP contribution is -2.41. The van der Waals surface area contributed by atoms with Gasteiger partial charge in [0, 0.05) is 19.6 Å². The molecule has 1 atom stereocenters. The van der Waals surface area contributed by atoms with Crippen molar-refractivity contribution < 1.29 is 9.90 Å². The minimum absolute atomic E-state index is 0.336. The molecule has 2 aliphatic heterocycles. The molecule has 1 unspecified atom stereocenters. The quantitative estimate of drug-likeness (QED) is 0.532. The van der Waals surface area contributed by atoms with Crippen molar-refractivity contribution >= 4 is 6.09 Å². The van der Waals surface area contributed by atoms with E-state index in [2.05, 4.69) is 10.7 Å². The molecule has 1 spiro atoms. The number of carboxylic acid groups (broad SMARTS) is 1. The first-order valence-corrected chi connectivity index (χ1v) is 4.66. The zero-order chi connectivity index (χ0) is 9.31. The number of nitrogens with zero attached hydrogens (tertiary/aromatic N) is 1. The Morgan fingerprint density at radius 2 is 2.38 bits per heavy atom. The Balaban J connectivity index is 1.89. The fourth-order valence-corrected chi connectivity index (χ4v) is 2.31. The Morgan fingerprint density at radius 1 is 1.54 bits per heavy atom. The summed E-state index contributed by atoms with van der Waals surface area (Å²) in [5.74, 6) is 0. The zero-order valence-electron chi connectivity index (χ0n) is 7.55. The molecule has 2 rings (SSSR count). The number of hydrazine groups is 1. The van der Waals surface area contributed by atoms with Crippen LogP contribution >= 0.6 is 0 Å². The zero-order valence-corrected chi connectivity index (χ0v) is 7.55. The molecule has 0 aromatic rings. The molecule has 0 radical (unpaired) electrons. The second kappa shape index (κ2) is 3.16. The number of carbonyl (C=O) groups is 1. The minimum atomic E-state index is -0.956. The van der Waals surface area contributed by atoms with Gasteiger partial charge in [-0.05, 0) is 24.8 Å². The van der Waals surface area contributed by atoms with Crippen molar-refractivity contribution in [2.75, 3.05) is 26.2 Å². The first kappa shape index (κ1) is 8.77. The minimum Gasteiger partial charge on any atom is -0.464 e. The molecule has 2 fully saturated rings. The van der Waals surface area contributed by atoms with Crippen molar-refractivity contribution in [1.82, 2.24) is 15.8 Å². The van der Waals surface area contributed by atoms with Crippen LogP contribution in [0.2, 0.25) is 0 Å². The van der Waals surface area contributed by atoms with Gasteiger partial charge in [-0.25, -0.2) is 9.80 Å². The predicted octanol–water partition coefficient (Wildman–Crippen LogP) is -0.146. The largest absolute Gasteiger partial charge is 0.464 e. The summed E-state index contributed by atoms with van der Waals surface area (Å²) in [6, 6.07) is 0. The van der Waals surface area contributed by atoms with E-state index in [0.717, 1.165) is 32.6 Å². The molecule has 0 aliphatic carbocycles. The summed E-state index contributed by atoms with van der Waals surface area (Å²) in [7, 11) is 0. The fraction of sp³-hybridized carbons (Fsp3) is 0.875. The van der Waals surface area contributed by atoms with Crippen LogP contribution in [0.1, 0.15) is 12.8 Å². The number of hydrogen-bond acceptors (Lipinski definition) is 3. The first-order valence-electron chi connectivity index (χ1n) is 4.66. The standard InChI is InChI=1S/C8H15N3O2/c12-7(13)10-11-4-2-8(6-11)1-3-9-5-8/h9-10H,1-6H2,(H,12,13). The van der Waals surface area contributed by atoms with Gasteiger partial charge in [0.2, 0.25) is 0 Å². The Bertz CT molecular complexity index is 213. The summed E-state index contributed by atoms with van der Waals surface area (Å²) in [4.78, 5) is 10.4. The molecule has 0 aromatic carbocycles. The first-order chi connectivity index (χ1) is 6.20. The topological polar surface area (TPSA) is 64.6 Å². The molecule has 0 bridgehead atoms. The molecule has 2 saturated heterocycles. The average Bonchev–Trinajstić information content (AvgIpc) is 2.63. The van der Waals surface area contributed by atoms with Crippen molar-refractivity contribution in [3.8, 4) is 0 Å². The van der Waals surface area contributed by atoms with Gasteiger partial charge in [0.05, 0.1) is 0 Å². The third kappa shape index (κ3) is 1.76. The van der Waals surface area contributed by atoms with E-state index in [1.165, 1.54) is 6.42 Å². The van der Waals surface area contributed by atoms with Gasteiger partial charge < -0.3 is 10.4 Å². The number of nitrogens with one attached hydrogen (secondary N) is 2. The molecular formula is C8H15N3O2. The van der Waals surface area contributed by atoms with Gasteiger partial charge in [0.15, 0.2) is 0 Å². The van der Waals surface area contributed by atoms with Gasteiger partial charge in [-0.1, -0.05) is 0 Å². The summed E-state index contributed by atoms with van der Waals surface area (Å²) in [5.41, 5.74) is 2.75. The molecule has 0 saturated carbocycles. The highest BCUT2D eigenvalue weighted by Gasteiger charge is 2.40. The highest BCUT2D eigenvalue weighted by Crippen LogP contribution is 2.34. The van der Waals surface area contributed by atoms with Crippen LogP contribution in [0.15, 0.2) is 0 Å². The lowest BCUT2D eigenvalue weighted by atomic mass is 9.87. The van der Waals surface area contributed by atoms with Crippen LogP contribution in [-0.4, -0.2) is 42.4 Å². The van der Waals surface area contributed by atoms with E-state index < -0.39 is 6.09 Å². The molecule has 2 aliphatic rings. The molecule has 74 valence electrons. The summed E-state index contributed by atoms with van der Waals surface area (Å²) in [6.07, 6.45) is 1.31. The monoisotopic (exact) mass is 185 g/mol. The molecule has 5 nitrogen and oxygen atoms in total. The van der Waals surface area contributed by atoms with E-state index in [4.69, 9.17) is 5.11 Å². The van der Waals surface area contributed by atoms with Crippen LogP contribution in [0.25, 0.3) is 0 Å². The molecule has 3 N–H and O–H groups in total.